The monoisotopic (exact) mass is 325 g/mol. The van der Waals surface area contributed by atoms with E-state index in [4.69, 9.17) is 15.2 Å². The molecule has 0 amide bonds. The molecular formula is C15H11N5O4. The van der Waals surface area contributed by atoms with E-state index in [1.54, 1.807) is 0 Å². The topological polar surface area (TPSA) is 148 Å². The Kier molecular flexibility index (Phi) is 2.61. The molecule has 2 heterocycles. The molecule has 120 valence electrons. The van der Waals surface area contributed by atoms with E-state index in [-0.39, 0.29) is 24.7 Å². The molecule has 1 spiro atoms. The summed E-state index contributed by atoms with van der Waals surface area (Å²) in [6, 6.07) is 9.98. The standard InChI is InChI=1S/C15H11N5O4/c16-7-13-11(9-1-3-10(4-2-9)20(21)22)14(13,8-17)15(19-12(13)18)23-5-6-24-15/h1-4,11H,5-6H2,(H2,18,19)/t11-,13-,14-/m1/s1. The molecule has 1 saturated heterocycles. The Morgan fingerprint density at radius 2 is 1.88 bits per heavy atom. The van der Waals surface area contributed by atoms with Gasteiger partial charge >= 0.3 is 0 Å². The zero-order valence-corrected chi connectivity index (χ0v) is 12.3. The third-order valence-electron chi connectivity index (χ3n) is 5.04. The number of fused-ring (bicyclic) bond motifs is 2. The molecule has 2 fully saturated rings. The number of benzene rings is 1. The van der Waals surface area contributed by atoms with Crippen molar-refractivity contribution < 1.29 is 14.4 Å². The van der Waals surface area contributed by atoms with E-state index in [0.717, 1.165) is 0 Å². The van der Waals surface area contributed by atoms with E-state index >= 15 is 0 Å². The zero-order valence-electron chi connectivity index (χ0n) is 12.3. The maximum atomic E-state index is 10.8. The first-order chi connectivity index (χ1) is 11.5. The van der Waals surface area contributed by atoms with E-state index in [1.807, 2.05) is 0 Å². The molecule has 0 bridgehead atoms. The fourth-order valence-corrected chi connectivity index (χ4v) is 4.01. The van der Waals surface area contributed by atoms with E-state index in [0.29, 0.717) is 5.56 Å². The van der Waals surface area contributed by atoms with E-state index in [9.17, 15) is 20.6 Å². The average Bonchev–Trinajstić information content (AvgIpc) is 2.84. The summed E-state index contributed by atoms with van der Waals surface area (Å²) in [5.74, 6) is -2.22. The van der Waals surface area contributed by atoms with Gasteiger partial charge in [-0.15, -0.1) is 0 Å². The van der Waals surface area contributed by atoms with Gasteiger partial charge in [-0.1, -0.05) is 12.1 Å². The molecule has 1 saturated carbocycles. The van der Waals surface area contributed by atoms with E-state index in [1.165, 1.54) is 24.3 Å². The lowest BCUT2D eigenvalue weighted by atomic mass is 9.94. The van der Waals surface area contributed by atoms with Crippen molar-refractivity contribution in [2.45, 2.75) is 11.8 Å². The van der Waals surface area contributed by atoms with Gasteiger partial charge in [-0.05, 0) is 5.56 Å². The minimum absolute atomic E-state index is 0.00296. The normalized spacial score (nSPS) is 34.9. The molecular weight excluding hydrogens is 314 g/mol. The number of nitrogens with two attached hydrogens (primary N) is 1. The fourth-order valence-electron chi connectivity index (χ4n) is 4.01. The number of nitrogens with zero attached hydrogens (tertiary/aromatic N) is 4. The smallest absolute Gasteiger partial charge is 0.293 e. The Bertz CT molecular complexity index is 861. The molecule has 0 unspecified atom stereocenters. The van der Waals surface area contributed by atoms with Crippen LogP contribution in [0.2, 0.25) is 0 Å². The number of hydrogen-bond donors (Lipinski definition) is 1. The fraction of sp³-hybridized carbons (Fsp3) is 0.400. The number of rotatable bonds is 2. The molecule has 3 atom stereocenters. The second kappa shape index (κ2) is 4.29. The predicted molar refractivity (Wildman–Crippen MR) is 78.2 cm³/mol. The van der Waals surface area contributed by atoms with Crippen LogP contribution in [0.4, 0.5) is 5.69 Å². The van der Waals surface area contributed by atoms with Crippen LogP contribution in [-0.4, -0.2) is 29.9 Å². The summed E-state index contributed by atoms with van der Waals surface area (Å²) in [6.07, 6.45) is 0. The van der Waals surface area contributed by atoms with Gasteiger partial charge in [0.25, 0.3) is 11.6 Å². The highest BCUT2D eigenvalue weighted by molar-refractivity contribution is 6.00. The lowest BCUT2D eigenvalue weighted by molar-refractivity contribution is -0.384. The van der Waals surface area contributed by atoms with Crippen LogP contribution in [0.5, 0.6) is 0 Å². The van der Waals surface area contributed by atoms with Gasteiger partial charge in [0.2, 0.25) is 0 Å². The average molecular weight is 325 g/mol. The summed E-state index contributed by atoms with van der Waals surface area (Å²) in [7, 11) is 0. The van der Waals surface area contributed by atoms with E-state index in [2.05, 4.69) is 17.1 Å². The Labute approximate surface area is 136 Å². The molecule has 2 N–H and O–H groups in total. The Balaban J connectivity index is 1.86. The van der Waals surface area contributed by atoms with Gasteiger partial charge < -0.3 is 15.2 Å². The van der Waals surface area contributed by atoms with Gasteiger partial charge in [0.05, 0.1) is 30.3 Å². The number of aliphatic imine (C=N–C) groups is 1. The van der Waals surface area contributed by atoms with Gasteiger partial charge in [-0.25, -0.2) is 4.99 Å². The van der Waals surface area contributed by atoms with Crippen molar-refractivity contribution in [1.29, 1.82) is 10.5 Å². The highest BCUT2D eigenvalue weighted by Gasteiger charge is 2.94. The van der Waals surface area contributed by atoms with Gasteiger partial charge in [0, 0.05) is 18.1 Å². The van der Waals surface area contributed by atoms with Gasteiger partial charge in [-0.3, -0.25) is 10.1 Å². The molecule has 0 aromatic heterocycles. The molecule has 1 aromatic carbocycles. The minimum Gasteiger partial charge on any atom is -0.386 e. The number of nitro benzene ring substituents is 1. The van der Waals surface area contributed by atoms with Crippen LogP contribution in [0.3, 0.4) is 0 Å². The Morgan fingerprint density at radius 3 is 2.38 bits per heavy atom. The van der Waals surface area contributed by atoms with Crippen LogP contribution < -0.4 is 5.73 Å². The Hall–Kier alpha value is -3.01. The largest absolute Gasteiger partial charge is 0.386 e. The van der Waals surface area contributed by atoms with Crippen LogP contribution in [0.1, 0.15) is 11.5 Å². The number of amidine groups is 1. The van der Waals surface area contributed by atoms with Gasteiger partial charge in [0.1, 0.15) is 11.3 Å². The highest BCUT2D eigenvalue weighted by atomic mass is 16.8. The maximum absolute atomic E-state index is 10.8. The first kappa shape index (κ1) is 14.6. The van der Waals surface area contributed by atoms with Gasteiger partial charge in [-0.2, -0.15) is 10.5 Å². The van der Waals surface area contributed by atoms with Crippen LogP contribution in [0, 0.1) is 43.6 Å². The van der Waals surface area contributed by atoms with Crippen LogP contribution in [0.15, 0.2) is 29.3 Å². The summed E-state index contributed by atoms with van der Waals surface area (Å²) in [5, 5.41) is 30.5. The first-order valence-electron chi connectivity index (χ1n) is 7.19. The number of ether oxygens (including phenoxy) is 2. The number of nitriles is 2. The van der Waals surface area contributed by atoms with Crippen molar-refractivity contribution in [2.75, 3.05) is 13.2 Å². The molecule has 0 radical (unpaired) electrons. The molecule has 9 nitrogen and oxygen atoms in total. The third-order valence-corrected chi connectivity index (χ3v) is 5.04. The van der Waals surface area contributed by atoms with Crippen LogP contribution in [-0.2, 0) is 9.47 Å². The lowest BCUT2D eigenvalue weighted by Gasteiger charge is -2.25. The van der Waals surface area contributed by atoms with Crippen molar-refractivity contribution >= 4 is 11.5 Å². The SMILES string of the molecule is N#C[C@@]12C(N)=NC3(OCCO3)[C@]1(C#N)[C@@H]2c1ccc([N+](=O)[O-])cc1. The zero-order chi connectivity index (χ0) is 17.2. The highest BCUT2D eigenvalue weighted by Crippen LogP contribution is 2.82. The molecule has 3 aliphatic rings. The number of nitro groups is 1. The molecule has 4 rings (SSSR count). The number of hydrogen-bond acceptors (Lipinski definition) is 8. The first-order valence-corrected chi connectivity index (χ1v) is 7.19. The molecule has 9 heteroatoms. The van der Waals surface area contributed by atoms with Crippen molar-refractivity contribution in [3.63, 3.8) is 0 Å². The van der Waals surface area contributed by atoms with Crippen molar-refractivity contribution in [2.24, 2.45) is 21.6 Å². The summed E-state index contributed by atoms with van der Waals surface area (Å²) in [5.41, 5.74) is 3.74. The summed E-state index contributed by atoms with van der Waals surface area (Å²) in [4.78, 5) is 14.4. The van der Waals surface area contributed by atoms with Gasteiger partial charge in [0.15, 0.2) is 5.41 Å². The summed E-state index contributed by atoms with van der Waals surface area (Å²) >= 11 is 0. The quantitative estimate of drug-likeness (QED) is 0.624. The molecule has 1 aromatic rings. The lowest BCUT2D eigenvalue weighted by Crippen LogP contribution is -2.38. The third kappa shape index (κ3) is 1.29. The second-order valence-electron chi connectivity index (χ2n) is 5.90. The maximum Gasteiger partial charge on any atom is 0.293 e. The summed E-state index contributed by atoms with van der Waals surface area (Å²) < 4.78 is 11.2. The minimum atomic E-state index is -1.59. The molecule has 1 aliphatic carbocycles. The van der Waals surface area contributed by atoms with Crippen molar-refractivity contribution in [1.82, 2.24) is 0 Å². The van der Waals surface area contributed by atoms with Crippen molar-refractivity contribution in [3.8, 4) is 12.1 Å². The predicted octanol–water partition coefficient (Wildman–Crippen LogP) is 0.783. The number of non-ortho nitro benzene ring substituents is 1. The second-order valence-corrected chi connectivity index (χ2v) is 5.90. The molecule has 24 heavy (non-hydrogen) atoms. The van der Waals surface area contributed by atoms with Crippen molar-refractivity contribution in [3.05, 3.63) is 39.9 Å². The Morgan fingerprint density at radius 1 is 1.25 bits per heavy atom. The molecule has 2 aliphatic heterocycles. The van der Waals surface area contributed by atoms with Crippen LogP contribution >= 0.6 is 0 Å². The summed E-state index contributed by atoms with van der Waals surface area (Å²) in [6.45, 7) is 0.489. The van der Waals surface area contributed by atoms with Crippen LogP contribution in [0.25, 0.3) is 0 Å². The van der Waals surface area contributed by atoms with E-state index < -0.39 is 27.6 Å².